The van der Waals surface area contributed by atoms with Crippen LogP contribution in [0.25, 0.3) is 0 Å². The maximum atomic E-state index is 12.1. The van der Waals surface area contributed by atoms with Crippen LogP contribution in [-0.4, -0.2) is 27.8 Å². The Balaban J connectivity index is 1.61. The molecule has 1 fully saturated rings. The molecule has 3 rings (SSSR count). The van der Waals surface area contributed by atoms with Crippen LogP contribution in [0.2, 0.25) is 0 Å². The van der Waals surface area contributed by atoms with E-state index in [9.17, 15) is 4.79 Å². The number of aromatic nitrogens is 3. The van der Waals surface area contributed by atoms with Crippen LogP contribution >= 0.6 is 11.8 Å². The molecule has 0 amide bonds. The molecular weight excluding hydrogens is 314 g/mol. The fraction of sp³-hybridized carbons (Fsp3) is 0.438. The van der Waals surface area contributed by atoms with Crippen molar-refractivity contribution in [2.45, 2.75) is 43.4 Å². The van der Waals surface area contributed by atoms with Gasteiger partial charge in [-0.15, -0.1) is 0 Å². The van der Waals surface area contributed by atoms with Crippen molar-refractivity contribution in [2.75, 3.05) is 6.61 Å². The van der Waals surface area contributed by atoms with Crippen molar-refractivity contribution < 1.29 is 9.47 Å². The van der Waals surface area contributed by atoms with Gasteiger partial charge < -0.3 is 9.47 Å². The second-order valence-electron chi connectivity index (χ2n) is 5.41. The van der Waals surface area contributed by atoms with Gasteiger partial charge in [-0.2, -0.15) is 0 Å². The van der Waals surface area contributed by atoms with E-state index in [-0.39, 0.29) is 17.6 Å². The van der Waals surface area contributed by atoms with Crippen LogP contribution in [0.4, 0.5) is 0 Å². The number of hydrogen-bond donors (Lipinski definition) is 1. The Bertz CT molecular complexity index is 714. The van der Waals surface area contributed by atoms with Gasteiger partial charge >= 0.3 is 0 Å². The Hall–Kier alpha value is -1.86. The minimum Gasteiger partial charge on any atom is -0.458 e. The zero-order valence-electron chi connectivity index (χ0n) is 12.9. The van der Waals surface area contributed by atoms with Gasteiger partial charge in [0, 0.05) is 18.4 Å². The van der Waals surface area contributed by atoms with Crippen molar-refractivity contribution in [3.05, 3.63) is 46.1 Å². The summed E-state index contributed by atoms with van der Waals surface area (Å²) in [7, 11) is 0. The minimum absolute atomic E-state index is 0.204. The van der Waals surface area contributed by atoms with Crippen LogP contribution in [0, 0.1) is 6.92 Å². The number of aromatic amines is 1. The fourth-order valence-electron chi connectivity index (χ4n) is 2.29. The summed E-state index contributed by atoms with van der Waals surface area (Å²) >= 11 is 1.44. The maximum absolute atomic E-state index is 12.1. The van der Waals surface area contributed by atoms with E-state index in [1.165, 1.54) is 18.0 Å². The Morgan fingerprint density at radius 3 is 3.09 bits per heavy atom. The number of nitrogens with zero attached hydrogens (tertiary/aromatic N) is 2. The molecule has 122 valence electrons. The Morgan fingerprint density at radius 2 is 2.35 bits per heavy atom. The third kappa shape index (κ3) is 4.56. The molecule has 1 aliphatic heterocycles. The van der Waals surface area contributed by atoms with E-state index in [1.54, 1.807) is 6.20 Å². The molecule has 0 aromatic carbocycles. The standard InChI is InChI=1S/C16H19N3O3S/c1-11-5-6-17-12(8-11)10-23-16-18-9-13(15(20)19-16)22-14-4-2-3-7-21-14/h5-6,8-9,14H,2-4,7,10H2,1H3,(H,18,19,20). The monoisotopic (exact) mass is 333 g/mol. The average molecular weight is 333 g/mol. The summed E-state index contributed by atoms with van der Waals surface area (Å²) in [4.78, 5) is 23.3. The molecule has 1 aliphatic rings. The van der Waals surface area contributed by atoms with E-state index in [2.05, 4.69) is 15.0 Å². The highest BCUT2D eigenvalue weighted by molar-refractivity contribution is 7.98. The summed E-state index contributed by atoms with van der Waals surface area (Å²) in [6.45, 7) is 2.70. The first-order chi connectivity index (χ1) is 11.2. The SMILES string of the molecule is Cc1ccnc(CSc2ncc(OC3CCCCO3)c(=O)[nH]2)c1. The quantitative estimate of drug-likeness (QED) is 0.669. The summed E-state index contributed by atoms with van der Waals surface area (Å²) in [5.74, 6) is 0.853. The largest absolute Gasteiger partial charge is 0.458 e. The van der Waals surface area contributed by atoms with Crippen LogP contribution < -0.4 is 10.3 Å². The molecule has 1 unspecified atom stereocenters. The lowest BCUT2D eigenvalue weighted by Gasteiger charge is -2.22. The van der Waals surface area contributed by atoms with Gasteiger partial charge in [0.1, 0.15) is 0 Å². The maximum Gasteiger partial charge on any atom is 0.294 e. The molecule has 1 atom stereocenters. The number of pyridine rings is 1. The lowest BCUT2D eigenvalue weighted by Crippen LogP contribution is -2.27. The lowest BCUT2D eigenvalue weighted by atomic mass is 10.2. The summed E-state index contributed by atoms with van der Waals surface area (Å²) in [6, 6.07) is 3.97. The Labute approximate surface area is 138 Å². The molecule has 3 heterocycles. The van der Waals surface area contributed by atoms with Crippen LogP contribution in [0.1, 0.15) is 30.5 Å². The summed E-state index contributed by atoms with van der Waals surface area (Å²) in [6.07, 6.45) is 5.78. The van der Waals surface area contributed by atoms with E-state index >= 15 is 0 Å². The number of aryl methyl sites for hydroxylation is 1. The van der Waals surface area contributed by atoms with Crippen molar-refractivity contribution in [1.29, 1.82) is 0 Å². The molecule has 0 saturated carbocycles. The molecule has 2 aromatic heterocycles. The van der Waals surface area contributed by atoms with Gasteiger partial charge in [-0.25, -0.2) is 4.98 Å². The van der Waals surface area contributed by atoms with Crippen molar-refractivity contribution in [3.63, 3.8) is 0 Å². The molecule has 6 nitrogen and oxygen atoms in total. The summed E-state index contributed by atoms with van der Waals surface area (Å²) in [5, 5.41) is 0.551. The van der Waals surface area contributed by atoms with Gasteiger partial charge in [0.05, 0.1) is 18.5 Å². The number of nitrogens with one attached hydrogen (secondary N) is 1. The van der Waals surface area contributed by atoms with Crippen LogP contribution in [0.5, 0.6) is 5.75 Å². The van der Waals surface area contributed by atoms with Crippen molar-refractivity contribution in [2.24, 2.45) is 0 Å². The van der Waals surface area contributed by atoms with E-state index in [1.807, 2.05) is 19.1 Å². The first-order valence-electron chi connectivity index (χ1n) is 7.62. The van der Waals surface area contributed by atoms with E-state index in [0.29, 0.717) is 17.5 Å². The third-order valence-electron chi connectivity index (χ3n) is 3.47. The van der Waals surface area contributed by atoms with Crippen LogP contribution in [0.15, 0.2) is 34.5 Å². The van der Waals surface area contributed by atoms with E-state index < -0.39 is 0 Å². The smallest absolute Gasteiger partial charge is 0.294 e. The molecule has 1 N–H and O–H groups in total. The highest BCUT2D eigenvalue weighted by atomic mass is 32.2. The third-order valence-corrected chi connectivity index (χ3v) is 4.39. The van der Waals surface area contributed by atoms with Crippen LogP contribution in [0.3, 0.4) is 0 Å². The second kappa shape index (κ2) is 7.61. The van der Waals surface area contributed by atoms with Crippen molar-refractivity contribution in [1.82, 2.24) is 15.0 Å². The number of rotatable bonds is 5. The zero-order valence-corrected chi connectivity index (χ0v) is 13.8. The predicted octanol–water partition coefficient (Wildman–Crippen LogP) is 2.67. The Kier molecular flexibility index (Phi) is 5.30. The zero-order chi connectivity index (χ0) is 16.1. The molecular formula is C16H19N3O3S. The number of ether oxygens (including phenoxy) is 2. The first-order valence-corrected chi connectivity index (χ1v) is 8.61. The van der Waals surface area contributed by atoms with Gasteiger partial charge in [0.15, 0.2) is 11.4 Å². The fourth-order valence-corrected chi connectivity index (χ4v) is 3.02. The lowest BCUT2D eigenvalue weighted by molar-refractivity contribution is -0.106. The van der Waals surface area contributed by atoms with Gasteiger partial charge in [-0.05, 0) is 37.5 Å². The highest BCUT2D eigenvalue weighted by Gasteiger charge is 2.17. The minimum atomic E-state index is -0.346. The molecule has 0 aliphatic carbocycles. The molecule has 1 saturated heterocycles. The molecule has 2 aromatic rings. The molecule has 0 radical (unpaired) electrons. The van der Waals surface area contributed by atoms with Gasteiger partial charge in [0.25, 0.3) is 5.56 Å². The summed E-state index contributed by atoms with van der Waals surface area (Å²) in [5.41, 5.74) is 1.83. The van der Waals surface area contributed by atoms with Gasteiger partial charge in [-0.1, -0.05) is 11.8 Å². The molecule has 0 bridgehead atoms. The van der Waals surface area contributed by atoms with Crippen molar-refractivity contribution >= 4 is 11.8 Å². The topological polar surface area (TPSA) is 77.1 Å². The predicted molar refractivity (Wildman–Crippen MR) is 87.6 cm³/mol. The van der Waals surface area contributed by atoms with Gasteiger partial charge in [0.2, 0.25) is 5.75 Å². The van der Waals surface area contributed by atoms with E-state index in [0.717, 1.165) is 30.5 Å². The van der Waals surface area contributed by atoms with Gasteiger partial charge in [-0.3, -0.25) is 14.8 Å². The van der Waals surface area contributed by atoms with Crippen LogP contribution in [-0.2, 0) is 10.5 Å². The average Bonchev–Trinajstić information content (AvgIpc) is 2.56. The second-order valence-corrected chi connectivity index (χ2v) is 6.37. The first kappa shape index (κ1) is 16.0. The molecule has 7 heteroatoms. The summed E-state index contributed by atoms with van der Waals surface area (Å²) < 4.78 is 11.0. The number of thioether (sulfide) groups is 1. The van der Waals surface area contributed by atoms with E-state index in [4.69, 9.17) is 9.47 Å². The normalized spacial score (nSPS) is 17.9. The Morgan fingerprint density at radius 1 is 1.43 bits per heavy atom. The highest BCUT2D eigenvalue weighted by Crippen LogP contribution is 2.19. The molecule has 23 heavy (non-hydrogen) atoms. The van der Waals surface area contributed by atoms with Crippen molar-refractivity contribution in [3.8, 4) is 5.75 Å². The number of hydrogen-bond acceptors (Lipinski definition) is 6. The molecule has 0 spiro atoms. The number of H-pyrrole nitrogens is 1.